The number of anilines is 1. The summed E-state index contributed by atoms with van der Waals surface area (Å²) in [6, 6.07) is 6.23. The first-order valence-corrected chi connectivity index (χ1v) is 9.18. The molecule has 0 aliphatic heterocycles. The number of sulfonamides is 1. The quantitative estimate of drug-likeness (QED) is 0.894. The minimum absolute atomic E-state index is 0.0104. The van der Waals surface area contributed by atoms with Gasteiger partial charge in [-0.15, -0.1) is 0 Å². The fraction of sp³-hybridized carbons (Fsp3) is 0.562. The number of benzene rings is 1. The van der Waals surface area contributed by atoms with E-state index < -0.39 is 10.0 Å². The SMILES string of the molecule is CC(=O)Nc1ccc(S(=O)(=O)N[C@@H]2CCC[C@@H](C)[C@@H]2C)cc1. The van der Waals surface area contributed by atoms with Crippen molar-refractivity contribution in [1.82, 2.24) is 4.72 Å². The van der Waals surface area contributed by atoms with Crippen LogP contribution >= 0.6 is 0 Å². The summed E-state index contributed by atoms with van der Waals surface area (Å²) in [6.45, 7) is 5.70. The third-order valence-corrected chi connectivity index (χ3v) is 6.00. The molecule has 0 saturated heterocycles. The summed E-state index contributed by atoms with van der Waals surface area (Å²) in [5.74, 6) is 0.685. The average molecular weight is 324 g/mol. The van der Waals surface area contributed by atoms with Crippen LogP contribution < -0.4 is 10.0 Å². The molecule has 1 amide bonds. The third kappa shape index (κ3) is 4.08. The Morgan fingerprint density at radius 1 is 1.14 bits per heavy atom. The van der Waals surface area contributed by atoms with E-state index in [-0.39, 0.29) is 16.8 Å². The Morgan fingerprint density at radius 2 is 1.77 bits per heavy atom. The molecular formula is C16H24N2O3S. The monoisotopic (exact) mass is 324 g/mol. The Morgan fingerprint density at radius 3 is 2.36 bits per heavy atom. The number of carbonyl (C=O) groups is 1. The molecule has 3 atom stereocenters. The Kier molecular flexibility index (Phi) is 5.24. The molecule has 5 nitrogen and oxygen atoms in total. The molecule has 1 aromatic carbocycles. The molecule has 0 radical (unpaired) electrons. The van der Waals surface area contributed by atoms with Crippen LogP contribution in [0.1, 0.15) is 40.0 Å². The summed E-state index contributed by atoms with van der Waals surface area (Å²) in [7, 11) is -3.52. The van der Waals surface area contributed by atoms with Gasteiger partial charge in [0.05, 0.1) is 4.90 Å². The van der Waals surface area contributed by atoms with Crippen LogP contribution in [-0.4, -0.2) is 20.4 Å². The highest BCUT2D eigenvalue weighted by atomic mass is 32.2. The van der Waals surface area contributed by atoms with E-state index in [0.29, 0.717) is 17.5 Å². The van der Waals surface area contributed by atoms with E-state index in [4.69, 9.17) is 0 Å². The van der Waals surface area contributed by atoms with Gasteiger partial charge in [-0.1, -0.05) is 26.7 Å². The van der Waals surface area contributed by atoms with Gasteiger partial charge in [0.2, 0.25) is 15.9 Å². The van der Waals surface area contributed by atoms with Gasteiger partial charge >= 0.3 is 0 Å². The topological polar surface area (TPSA) is 75.3 Å². The van der Waals surface area contributed by atoms with Crippen molar-refractivity contribution in [2.24, 2.45) is 11.8 Å². The number of hydrogen-bond donors (Lipinski definition) is 2. The number of carbonyl (C=O) groups excluding carboxylic acids is 1. The maximum absolute atomic E-state index is 12.5. The second-order valence-corrected chi connectivity index (χ2v) is 7.91. The maximum atomic E-state index is 12.5. The first-order valence-electron chi connectivity index (χ1n) is 7.69. The number of nitrogens with one attached hydrogen (secondary N) is 2. The fourth-order valence-electron chi connectivity index (χ4n) is 2.94. The highest BCUT2D eigenvalue weighted by Gasteiger charge is 2.30. The standard InChI is InChI=1S/C16H24N2O3S/c1-11-5-4-6-16(12(11)2)18-22(20,21)15-9-7-14(8-10-15)17-13(3)19/h7-12,16,18H,4-6H2,1-3H3,(H,17,19)/t11-,12+,16-/m1/s1. The van der Waals surface area contributed by atoms with E-state index in [0.717, 1.165) is 19.3 Å². The number of rotatable bonds is 4. The van der Waals surface area contributed by atoms with Gasteiger partial charge in [-0.25, -0.2) is 13.1 Å². The van der Waals surface area contributed by atoms with E-state index in [9.17, 15) is 13.2 Å². The lowest BCUT2D eigenvalue weighted by atomic mass is 9.78. The zero-order chi connectivity index (χ0) is 16.3. The molecule has 22 heavy (non-hydrogen) atoms. The summed E-state index contributed by atoms with van der Waals surface area (Å²) in [5.41, 5.74) is 0.589. The highest BCUT2D eigenvalue weighted by Crippen LogP contribution is 2.30. The lowest BCUT2D eigenvalue weighted by molar-refractivity contribution is -0.114. The Hall–Kier alpha value is -1.40. The molecule has 2 N–H and O–H groups in total. The van der Waals surface area contributed by atoms with Crippen molar-refractivity contribution in [3.63, 3.8) is 0 Å². The summed E-state index contributed by atoms with van der Waals surface area (Å²) in [6.07, 6.45) is 3.10. The van der Waals surface area contributed by atoms with Crippen LogP contribution in [0.2, 0.25) is 0 Å². The molecule has 0 heterocycles. The third-order valence-electron chi connectivity index (χ3n) is 4.50. The molecule has 6 heteroatoms. The summed E-state index contributed by atoms with van der Waals surface area (Å²) >= 11 is 0. The lowest BCUT2D eigenvalue weighted by Crippen LogP contribution is -2.43. The van der Waals surface area contributed by atoms with Gasteiger partial charge in [-0.05, 0) is 42.5 Å². The predicted molar refractivity (Wildman–Crippen MR) is 87.0 cm³/mol. The highest BCUT2D eigenvalue weighted by molar-refractivity contribution is 7.89. The van der Waals surface area contributed by atoms with Crippen LogP contribution in [0.3, 0.4) is 0 Å². The zero-order valence-corrected chi connectivity index (χ0v) is 14.1. The van der Waals surface area contributed by atoms with Crippen molar-refractivity contribution in [3.05, 3.63) is 24.3 Å². The lowest BCUT2D eigenvalue weighted by Gasteiger charge is -2.34. The van der Waals surface area contributed by atoms with Crippen LogP contribution in [0.25, 0.3) is 0 Å². The van der Waals surface area contributed by atoms with Crippen LogP contribution in [-0.2, 0) is 14.8 Å². The number of hydrogen-bond acceptors (Lipinski definition) is 3. The summed E-state index contributed by atoms with van der Waals surface area (Å²) in [4.78, 5) is 11.2. The van der Waals surface area contributed by atoms with Gasteiger partial charge in [0.1, 0.15) is 0 Å². The van der Waals surface area contributed by atoms with E-state index in [1.54, 1.807) is 12.1 Å². The second kappa shape index (κ2) is 6.79. The first-order chi connectivity index (χ1) is 10.3. The van der Waals surface area contributed by atoms with Gasteiger partial charge in [-0.2, -0.15) is 0 Å². The maximum Gasteiger partial charge on any atom is 0.240 e. The largest absolute Gasteiger partial charge is 0.326 e. The second-order valence-electron chi connectivity index (χ2n) is 6.20. The van der Waals surface area contributed by atoms with Gasteiger partial charge in [0.25, 0.3) is 0 Å². The summed E-state index contributed by atoms with van der Waals surface area (Å²) in [5, 5.41) is 2.62. The van der Waals surface area contributed by atoms with Gasteiger partial charge in [0, 0.05) is 18.7 Å². The van der Waals surface area contributed by atoms with Crippen molar-refractivity contribution in [3.8, 4) is 0 Å². The summed E-state index contributed by atoms with van der Waals surface area (Å²) < 4.78 is 27.8. The molecule has 0 aromatic heterocycles. The van der Waals surface area contributed by atoms with Crippen LogP contribution in [0.4, 0.5) is 5.69 Å². The van der Waals surface area contributed by atoms with E-state index >= 15 is 0 Å². The van der Waals surface area contributed by atoms with Crippen LogP contribution in [0, 0.1) is 11.8 Å². The van der Waals surface area contributed by atoms with Gasteiger partial charge < -0.3 is 5.32 Å². The van der Waals surface area contributed by atoms with Gasteiger partial charge in [0.15, 0.2) is 0 Å². The van der Waals surface area contributed by atoms with Crippen molar-refractivity contribution >= 4 is 21.6 Å². The minimum atomic E-state index is -3.52. The zero-order valence-electron chi connectivity index (χ0n) is 13.3. The fourth-order valence-corrected chi connectivity index (χ4v) is 4.30. The van der Waals surface area contributed by atoms with Crippen molar-refractivity contribution < 1.29 is 13.2 Å². The molecular weight excluding hydrogens is 300 g/mol. The molecule has 122 valence electrons. The molecule has 1 aliphatic carbocycles. The minimum Gasteiger partial charge on any atom is -0.326 e. The molecule has 1 aromatic rings. The Labute approximate surface area is 132 Å². The molecule has 0 spiro atoms. The van der Waals surface area contributed by atoms with Crippen molar-refractivity contribution in [1.29, 1.82) is 0 Å². The van der Waals surface area contributed by atoms with Crippen LogP contribution in [0.15, 0.2) is 29.2 Å². The van der Waals surface area contributed by atoms with Gasteiger partial charge in [-0.3, -0.25) is 4.79 Å². The van der Waals surface area contributed by atoms with Crippen LogP contribution in [0.5, 0.6) is 0 Å². The molecule has 0 bridgehead atoms. The Bertz CT molecular complexity index is 625. The molecule has 1 fully saturated rings. The first kappa shape index (κ1) is 17.0. The van der Waals surface area contributed by atoms with E-state index in [1.807, 2.05) is 0 Å². The predicted octanol–water partition coefficient (Wildman–Crippen LogP) is 2.75. The Balaban J connectivity index is 2.11. The number of amides is 1. The molecule has 2 rings (SSSR count). The smallest absolute Gasteiger partial charge is 0.240 e. The van der Waals surface area contributed by atoms with E-state index in [2.05, 4.69) is 23.9 Å². The average Bonchev–Trinajstić information content (AvgIpc) is 2.44. The molecule has 1 aliphatic rings. The van der Waals surface area contributed by atoms with Crippen molar-refractivity contribution in [2.45, 2.75) is 51.0 Å². The molecule has 0 unspecified atom stereocenters. The molecule has 1 saturated carbocycles. The normalized spacial score (nSPS) is 25.7. The van der Waals surface area contributed by atoms with Crippen molar-refractivity contribution in [2.75, 3.05) is 5.32 Å². The van der Waals surface area contributed by atoms with E-state index in [1.165, 1.54) is 19.1 Å².